The fraction of sp³-hybridized carbons (Fsp3) is 0.583. The minimum absolute atomic E-state index is 0.0825. The van der Waals surface area contributed by atoms with Gasteiger partial charge in [0.2, 0.25) is 0 Å². The first-order chi connectivity index (χ1) is 8.97. The average Bonchev–Trinajstić information content (AvgIpc) is 2.96. The molecule has 1 fully saturated rings. The molecule has 2 rings (SSSR count). The van der Waals surface area contributed by atoms with E-state index in [1.165, 1.54) is 16.8 Å². The van der Waals surface area contributed by atoms with Crippen LogP contribution in [-0.4, -0.2) is 27.5 Å². The van der Waals surface area contributed by atoms with Crippen LogP contribution >= 0.6 is 0 Å². The Hall–Kier alpha value is -1.89. The van der Waals surface area contributed by atoms with Gasteiger partial charge >= 0.3 is 0 Å². The molecule has 1 heterocycles. The van der Waals surface area contributed by atoms with Crippen molar-refractivity contribution in [3.63, 3.8) is 0 Å². The molecule has 0 aliphatic heterocycles. The number of hydrogen-bond acceptors (Lipinski definition) is 4. The standard InChI is InChI=1S/C12H18N4O3/c1-15-7-9(16(18)19)6-10(15)11(17)14-12(8-13)4-2-3-5-12/h6-7H,2-5,8,13H2,1H3,(H,14,17). The largest absolute Gasteiger partial charge is 0.344 e. The van der Waals surface area contributed by atoms with Gasteiger partial charge in [0.25, 0.3) is 11.6 Å². The van der Waals surface area contributed by atoms with E-state index in [0.29, 0.717) is 6.54 Å². The molecule has 3 N–H and O–H groups in total. The maximum Gasteiger partial charge on any atom is 0.287 e. The number of nitrogens with one attached hydrogen (secondary N) is 1. The van der Waals surface area contributed by atoms with Crippen LogP contribution in [0.4, 0.5) is 5.69 Å². The second kappa shape index (κ2) is 5.00. The van der Waals surface area contributed by atoms with Crippen molar-refractivity contribution >= 4 is 11.6 Å². The molecule has 104 valence electrons. The molecule has 0 unspecified atom stereocenters. The Bertz CT molecular complexity index is 503. The summed E-state index contributed by atoms with van der Waals surface area (Å²) in [5.74, 6) is -0.303. The van der Waals surface area contributed by atoms with E-state index >= 15 is 0 Å². The van der Waals surface area contributed by atoms with Gasteiger partial charge in [-0.05, 0) is 12.8 Å². The molecule has 1 aromatic rings. The first-order valence-corrected chi connectivity index (χ1v) is 6.31. The van der Waals surface area contributed by atoms with E-state index in [1.54, 1.807) is 7.05 Å². The maximum absolute atomic E-state index is 12.2. The summed E-state index contributed by atoms with van der Waals surface area (Å²) in [4.78, 5) is 22.4. The highest BCUT2D eigenvalue weighted by molar-refractivity contribution is 5.94. The number of amides is 1. The number of carbonyl (C=O) groups is 1. The van der Waals surface area contributed by atoms with Gasteiger partial charge in [0.1, 0.15) is 5.69 Å². The van der Waals surface area contributed by atoms with Crippen molar-refractivity contribution in [1.82, 2.24) is 9.88 Å². The molecule has 0 atom stereocenters. The first-order valence-electron chi connectivity index (χ1n) is 6.31. The Morgan fingerprint density at radius 3 is 2.68 bits per heavy atom. The van der Waals surface area contributed by atoms with Gasteiger partial charge in [-0.15, -0.1) is 0 Å². The van der Waals surface area contributed by atoms with E-state index in [1.807, 2.05) is 0 Å². The molecule has 0 bridgehead atoms. The Morgan fingerprint density at radius 1 is 1.58 bits per heavy atom. The average molecular weight is 266 g/mol. The quantitative estimate of drug-likeness (QED) is 0.625. The Morgan fingerprint density at radius 2 is 2.21 bits per heavy atom. The molecule has 0 radical (unpaired) electrons. The van der Waals surface area contributed by atoms with E-state index < -0.39 is 4.92 Å². The lowest BCUT2D eigenvalue weighted by atomic mass is 9.97. The second-order valence-corrected chi connectivity index (χ2v) is 5.10. The van der Waals surface area contributed by atoms with Crippen molar-refractivity contribution in [2.24, 2.45) is 12.8 Å². The predicted octanol–water partition coefficient (Wildman–Crippen LogP) is 0.935. The third-order valence-electron chi connectivity index (χ3n) is 3.76. The van der Waals surface area contributed by atoms with Crippen LogP contribution < -0.4 is 11.1 Å². The van der Waals surface area contributed by atoms with Crippen LogP contribution in [0, 0.1) is 10.1 Å². The number of nitro groups is 1. The number of nitrogens with zero attached hydrogens (tertiary/aromatic N) is 2. The fourth-order valence-corrected chi connectivity index (χ4v) is 2.61. The SMILES string of the molecule is Cn1cc([N+](=O)[O-])cc1C(=O)NC1(CN)CCCC1. The number of aryl methyl sites for hydroxylation is 1. The van der Waals surface area contributed by atoms with Gasteiger partial charge in [-0.3, -0.25) is 14.9 Å². The van der Waals surface area contributed by atoms with Crippen molar-refractivity contribution < 1.29 is 9.72 Å². The minimum Gasteiger partial charge on any atom is -0.344 e. The van der Waals surface area contributed by atoms with E-state index in [-0.39, 0.29) is 22.8 Å². The van der Waals surface area contributed by atoms with E-state index in [4.69, 9.17) is 5.73 Å². The number of aromatic nitrogens is 1. The van der Waals surface area contributed by atoms with Crippen molar-refractivity contribution in [3.05, 3.63) is 28.1 Å². The van der Waals surface area contributed by atoms with Crippen LogP contribution in [0.25, 0.3) is 0 Å². The lowest BCUT2D eigenvalue weighted by Crippen LogP contribution is -2.51. The lowest BCUT2D eigenvalue weighted by Gasteiger charge is -2.28. The topological polar surface area (TPSA) is 103 Å². The van der Waals surface area contributed by atoms with Crippen molar-refractivity contribution in [3.8, 4) is 0 Å². The molecule has 1 amide bonds. The Kier molecular flexibility index (Phi) is 3.57. The van der Waals surface area contributed by atoms with Crippen LogP contribution in [0.1, 0.15) is 36.2 Å². The van der Waals surface area contributed by atoms with Crippen LogP contribution in [0.3, 0.4) is 0 Å². The summed E-state index contributed by atoms with van der Waals surface area (Å²) in [6.07, 6.45) is 5.15. The number of carbonyl (C=O) groups excluding carboxylic acids is 1. The molecule has 1 saturated carbocycles. The van der Waals surface area contributed by atoms with Gasteiger partial charge in [-0.25, -0.2) is 0 Å². The highest BCUT2D eigenvalue weighted by Crippen LogP contribution is 2.29. The Labute approximate surface area is 110 Å². The summed E-state index contributed by atoms with van der Waals surface area (Å²) in [7, 11) is 1.62. The molecule has 0 spiro atoms. The zero-order chi connectivity index (χ0) is 14.0. The molecular formula is C12H18N4O3. The molecule has 1 aromatic heterocycles. The minimum atomic E-state index is -0.509. The number of nitrogens with two attached hydrogens (primary N) is 1. The van der Waals surface area contributed by atoms with Crippen molar-refractivity contribution in [2.75, 3.05) is 6.54 Å². The Balaban J connectivity index is 2.18. The van der Waals surface area contributed by atoms with Crippen LogP contribution in [0.15, 0.2) is 12.3 Å². The third-order valence-corrected chi connectivity index (χ3v) is 3.76. The summed E-state index contributed by atoms with van der Waals surface area (Å²) >= 11 is 0. The summed E-state index contributed by atoms with van der Waals surface area (Å²) in [6, 6.07) is 1.29. The van der Waals surface area contributed by atoms with Crippen LogP contribution in [-0.2, 0) is 7.05 Å². The van der Waals surface area contributed by atoms with Gasteiger partial charge in [0, 0.05) is 19.7 Å². The van der Waals surface area contributed by atoms with E-state index in [2.05, 4.69) is 5.32 Å². The summed E-state index contributed by atoms with van der Waals surface area (Å²) in [6.45, 7) is 0.394. The van der Waals surface area contributed by atoms with Crippen molar-refractivity contribution in [2.45, 2.75) is 31.2 Å². The van der Waals surface area contributed by atoms with Crippen LogP contribution in [0.2, 0.25) is 0 Å². The highest BCUT2D eigenvalue weighted by atomic mass is 16.6. The highest BCUT2D eigenvalue weighted by Gasteiger charge is 2.34. The van der Waals surface area contributed by atoms with Gasteiger partial charge in [-0.2, -0.15) is 0 Å². The molecule has 1 aliphatic rings. The maximum atomic E-state index is 12.2. The van der Waals surface area contributed by atoms with E-state index in [9.17, 15) is 14.9 Å². The molecule has 7 heteroatoms. The molecule has 1 aliphatic carbocycles. The molecule has 0 saturated heterocycles. The molecule has 19 heavy (non-hydrogen) atoms. The molecule has 7 nitrogen and oxygen atoms in total. The normalized spacial score (nSPS) is 17.4. The number of hydrogen-bond donors (Lipinski definition) is 2. The predicted molar refractivity (Wildman–Crippen MR) is 69.8 cm³/mol. The zero-order valence-corrected chi connectivity index (χ0v) is 10.9. The summed E-state index contributed by atoms with van der Waals surface area (Å²) < 4.78 is 1.46. The van der Waals surface area contributed by atoms with Gasteiger partial charge in [-0.1, -0.05) is 12.8 Å². The summed E-state index contributed by atoms with van der Waals surface area (Å²) in [5.41, 5.74) is 5.61. The zero-order valence-electron chi connectivity index (χ0n) is 10.9. The smallest absolute Gasteiger partial charge is 0.287 e. The van der Waals surface area contributed by atoms with Crippen molar-refractivity contribution in [1.29, 1.82) is 0 Å². The first kappa shape index (κ1) is 13.5. The molecule has 0 aromatic carbocycles. The number of rotatable bonds is 4. The fourth-order valence-electron chi connectivity index (χ4n) is 2.61. The van der Waals surface area contributed by atoms with Gasteiger partial charge in [0.15, 0.2) is 0 Å². The monoisotopic (exact) mass is 266 g/mol. The van der Waals surface area contributed by atoms with Crippen LogP contribution in [0.5, 0.6) is 0 Å². The lowest BCUT2D eigenvalue weighted by molar-refractivity contribution is -0.384. The van der Waals surface area contributed by atoms with Gasteiger partial charge < -0.3 is 15.6 Å². The van der Waals surface area contributed by atoms with E-state index in [0.717, 1.165) is 25.7 Å². The van der Waals surface area contributed by atoms with Gasteiger partial charge in [0.05, 0.1) is 16.7 Å². The molecular weight excluding hydrogens is 248 g/mol. The summed E-state index contributed by atoms with van der Waals surface area (Å²) in [5, 5.41) is 13.6. The third kappa shape index (κ3) is 2.60. The second-order valence-electron chi connectivity index (χ2n) is 5.10.